The van der Waals surface area contributed by atoms with Crippen molar-refractivity contribution in [2.75, 3.05) is 6.61 Å². The Morgan fingerprint density at radius 1 is 1.05 bits per heavy atom. The number of benzene rings is 2. The van der Waals surface area contributed by atoms with Crippen LogP contribution in [0.3, 0.4) is 0 Å². The first-order valence-electron chi connectivity index (χ1n) is 7.40. The third kappa shape index (κ3) is 2.06. The molecule has 1 aromatic heterocycles. The molecule has 0 radical (unpaired) electrons. The van der Waals surface area contributed by atoms with Crippen LogP contribution in [0.15, 0.2) is 48.5 Å². The summed E-state index contributed by atoms with van der Waals surface area (Å²) in [5, 5.41) is 1.32. The molecule has 2 heteroatoms. The van der Waals surface area contributed by atoms with Gasteiger partial charge in [-0.15, -0.1) is 11.3 Å². The van der Waals surface area contributed by atoms with Crippen molar-refractivity contribution in [1.82, 2.24) is 0 Å². The van der Waals surface area contributed by atoms with Gasteiger partial charge in [-0.2, -0.15) is 0 Å². The van der Waals surface area contributed by atoms with E-state index >= 15 is 0 Å². The second kappa shape index (κ2) is 4.60. The Hall–Kier alpha value is -1.80. The topological polar surface area (TPSA) is 9.23 Å². The molecule has 0 amide bonds. The van der Waals surface area contributed by atoms with Crippen molar-refractivity contribution < 1.29 is 4.74 Å². The second-order valence-electron chi connectivity index (χ2n) is 6.31. The first-order chi connectivity index (χ1) is 10.1. The highest BCUT2D eigenvalue weighted by molar-refractivity contribution is 7.22. The van der Waals surface area contributed by atoms with E-state index in [1.54, 1.807) is 0 Å². The van der Waals surface area contributed by atoms with E-state index in [4.69, 9.17) is 4.74 Å². The Morgan fingerprint density at radius 3 is 2.76 bits per heavy atom. The van der Waals surface area contributed by atoms with E-state index in [0.717, 1.165) is 18.8 Å². The van der Waals surface area contributed by atoms with Gasteiger partial charge in [-0.05, 0) is 41.0 Å². The number of fused-ring (bicyclic) bond motifs is 2. The van der Waals surface area contributed by atoms with Crippen molar-refractivity contribution in [2.24, 2.45) is 0 Å². The highest BCUT2D eigenvalue weighted by Crippen LogP contribution is 2.46. The summed E-state index contributed by atoms with van der Waals surface area (Å²) in [5.41, 5.74) is 2.86. The molecule has 0 unspecified atom stereocenters. The molecule has 21 heavy (non-hydrogen) atoms. The van der Waals surface area contributed by atoms with Gasteiger partial charge in [-0.25, -0.2) is 0 Å². The fraction of sp³-hybridized carbons (Fsp3) is 0.263. The molecule has 2 heterocycles. The SMILES string of the molecule is CC1(C)CCOc2cccc(-c3cc4ccccc4s3)c21. The largest absolute Gasteiger partial charge is 0.493 e. The average Bonchev–Trinajstić information content (AvgIpc) is 2.90. The Bertz CT molecular complexity index is 780. The number of rotatable bonds is 1. The molecule has 0 saturated heterocycles. The lowest BCUT2D eigenvalue weighted by atomic mass is 9.77. The summed E-state index contributed by atoms with van der Waals surface area (Å²) >= 11 is 1.87. The summed E-state index contributed by atoms with van der Waals surface area (Å²) in [6.45, 7) is 5.46. The lowest BCUT2D eigenvalue weighted by molar-refractivity contribution is 0.235. The molecule has 2 aromatic carbocycles. The fourth-order valence-corrected chi connectivity index (χ4v) is 4.30. The maximum absolute atomic E-state index is 5.90. The highest BCUT2D eigenvalue weighted by atomic mass is 32.1. The van der Waals surface area contributed by atoms with Crippen LogP contribution in [0.25, 0.3) is 20.5 Å². The molecule has 1 aliphatic heterocycles. The van der Waals surface area contributed by atoms with E-state index in [1.165, 1.54) is 26.1 Å². The first kappa shape index (κ1) is 12.9. The molecule has 0 fully saturated rings. The Kier molecular flexibility index (Phi) is 2.83. The van der Waals surface area contributed by atoms with E-state index in [0.29, 0.717) is 0 Å². The minimum absolute atomic E-state index is 0.167. The molecule has 0 bridgehead atoms. The summed E-state index contributed by atoms with van der Waals surface area (Å²) < 4.78 is 7.25. The van der Waals surface area contributed by atoms with Gasteiger partial charge in [0.1, 0.15) is 5.75 Å². The highest BCUT2D eigenvalue weighted by Gasteiger charge is 2.31. The zero-order valence-electron chi connectivity index (χ0n) is 12.3. The monoisotopic (exact) mass is 294 g/mol. The minimum Gasteiger partial charge on any atom is -0.493 e. The lowest BCUT2D eigenvalue weighted by Crippen LogP contribution is -2.27. The standard InChI is InChI=1S/C19H18OS/c1-19(2)10-11-20-15-8-5-7-14(18(15)19)17-12-13-6-3-4-9-16(13)21-17/h3-9,12H,10-11H2,1-2H3. The summed E-state index contributed by atoms with van der Waals surface area (Å²) in [6.07, 6.45) is 1.07. The Morgan fingerprint density at radius 2 is 1.90 bits per heavy atom. The number of thiophene rings is 1. The van der Waals surface area contributed by atoms with Crippen molar-refractivity contribution in [2.45, 2.75) is 25.7 Å². The second-order valence-corrected chi connectivity index (χ2v) is 7.39. The molecule has 1 aliphatic rings. The summed E-state index contributed by atoms with van der Waals surface area (Å²) in [5.74, 6) is 1.06. The average molecular weight is 294 g/mol. The third-order valence-electron chi connectivity index (χ3n) is 4.38. The van der Waals surface area contributed by atoms with Crippen LogP contribution in [0, 0.1) is 0 Å². The van der Waals surface area contributed by atoms with Gasteiger partial charge in [0.2, 0.25) is 0 Å². The van der Waals surface area contributed by atoms with Crippen molar-refractivity contribution in [1.29, 1.82) is 0 Å². The predicted molar refractivity (Wildman–Crippen MR) is 90.4 cm³/mol. The van der Waals surface area contributed by atoms with Crippen molar-refractivity contribution >= 4 is 21.4 Å². The lowest BCUT2D eigenvalue weighted by Gasteiger charge is -2.34. The quantitative estimate of drug-likeness (QED) is 0.565. The molecular weight excluding hydrogens is 276 g/mol. The maximum Gasteiger partial charge on any atom is 0.123 e. The van der Waals surface area contributed by atoms with E-state index in [2.05, 4.69) is 62.4 Å². The summed E-state index contributed by atoms with van der Waals surface area (Å²) in [4.78, 5) is 1.34. The van der Waals surface area contributed by atoms with E-state index in [-0.39, 0.29) is 5.41 Å². The van der Waals surface area contributed by atoms with Crippen LogP contribution in [-0.2, 0) is 5.41 Å². The van der Waals surface area contributed by atoms with E-state index in [9.17, 15) is 0 Å². The summed E-state index contributed by atoms with van der Waals surface area (Å²) in [6, 6.07) is 17.3. The van der Waals surface area contributed by atoms with Crippen LogP contribution in [0.5, 0.6) is 5.75 Å². The Balaban J connectivity index is 1.97. The smallest absolute Gasteiger partial charge is 0.123 e. The van der Waals surface area contributed by atoms with Crippen LogP contribution in [0.2, 0.25) is 0 Å². The summed E-state index contributed by atoms with van der Waals surface area (Å²) in [7, 11) is 0. The molecule has 1 nitrogen and oxygen atoms in total. The van der Waals surface area contributed by atoms with Gasteiger partial charge in [0.05, 0.1) is 6.61 Å². The van der Waals surface area contributed by atoms with Gasteiger partial charge in [0, 0.05) is 15.1 Å². The van der Waals surface area contributed by atoms with Crippen LogP contribution < -0.4 is 4.74 Å². The van der Waals surface area contributed by atoms with Gasteiger partial charge < -0.3 is 4.74 Å². The predicted octanol–water partition coefficient (Wildman–Crippen LogP) is 5.63. The van der Waals surface area contributed by atoms with Crippen molar-refractivity contribution in [3.05, 3.63) is 54.1 Å². The maximum atomic E-state index is 5.90. The zero-order chi connectivity index (χ0) is 14.4. The molecule has 0 aliphatic carbocycles. The molecule has 0 saturated carbocycles. The zero-order valence-corrected chi connectivity index (χ0v) is 13.2. The number of hydrogen-bond acceptors (Lipinski definition) is 2. The van der Waals surface area contributed by atoms with E-state index in [1.807, 2.05) is 11.3 Å². The molecule has 0 spiro atoms. The van der Waals surface area contributed by atoms with Crippen LogP contribution in [-0.4, -0.2) is 6.61 Å². The third-order valence-corrected chi connectivity index (χ3v) is 5.53. The molecule has 0 atom stereocenters. The number of hydrogen-bond donors (Lipinski definition) is 0. The van der Waals surface area contributed by atoms with Crippen LogP contribution in [0.4, 0.5) is 0 Å². The van der Waals surface area contributed by atoms with E-state index < -0.39 is 0 Å². The van der Waals surface area contributed by atoms with Gasteiger partial charge >= 0.3 is 0 Å². The minimum atomic E-state index is 0.167. The molecular formula is C19H18OS. The molecule has 4 rings (SSSR count). The van der Waals surface area contributed by atoms with Crippen LogP contribution >= 0.6 is 11.3 Å². The van der Waals surface area contributed by atoms with Gasteiger partial charge in [0.25, 0.3) is 0 Å². The molecule has 0 N–H and O–H groups in total. The van der Waals surface area contributed by atoms with Crippen LogP contribution in [0.1, 0.15) is 25.8 Å². The number of ether oxygens (including phenoxy) is 1. The van der Waals surface area contributed by atoms with Gasteiger partial charge in [-0.1, -0.05) is 44.2 Å². The van der Waals surface area contributed by atoms with Gasteiger partial charge in [-0.3, -0.25) is 0 Å². The Labute approximate surface area is 129 Å². The normalized spacial score (nSPS) is 16.5. The first-order valence-corrected chi connectivity index (χ1v) is 8.22. The molecule has 106 valence electrons. The fourth-order valence-electron chi connectivity index (χ4n) is 3.21. The van der Waals surface area contributed by atoms with Crippen molar-refractivity contribution in [3.8, 4) is 16.2 Å². The van der Waals surface area contributed by atoms with Crippen molar-refractivity contribution in [3.63, 3.8) is 0 Å². The van der Waals surface area contributed by atoms with Gasteiger partial charge in [0.15, 0.2) is 0 Å². The molecule has 3 aromatic rings.